The molecule has 0 amide bonds. The zero-order chi connectivity index (χ0) is 9.26. The van der Waals surface area contributed by atoms with Crippen molar-refractivity contribution in [3.8, 4) is 0 Å². The van der Waals surface area contributed by atoms with Crippen LogP contribution in [0.2, 0.25) is 0 Å². The van der Waals surface area contributed by atoms with E-state index in [-0.39, 0.29) is 0 Å². The van der Waals surface area contributed by atoms with Crippen molar-refractivity contribution < 1.29 is 0 Å². The predicted octanol–water partition coefficient (Wildman–Crippen LogP) is 2.61. The number of aromatic nitrogens is 2. The molecule has 2 nitrogen and oxygen atoms in total. The molecule has 0 spiro atoms. The Labute approximate surface area is 79.3 Å². The van der Waals surface area contributed by atoms with Crippen LogP contribution in [0.5, 0.6) is 0 Å². The first-order valence-corrected chi connectivity index (χ1v) is 4.93. The van der Waals surface area contributed by atoms with Crippen LogP contribution in [0, 0.1) is 13.8 Å². The summed E-state index contributed by atoms with van der Waals surface area (Å²) in [6, 6.07) is 0. The van der Waals surface area contributed by atoms with Gasteiger partial charge in [0.2, 0.25) is 0 Å². The summed E-state index contributed by atoms with van der Waals surface area (Å²) < 4.78 is 2.24. The van der Waals surface area contributed by atoms with Gasteiger partial charge in [-0.2, -0.15) is 0 Å². The number of aryl methyl sites for hydroxylation is 1. The van der Waals surface area contributed by atoms with E-state index in [4.69, 9.17) is 0 Å². The van der Waals surface area contributed by atoms with Crippen molar-refractivity contribution in [2.24, 2.45) is 0 Å². The standard InChI is InChI=1S/C11H16N2/c1-9-10(2)13(8-12-9)7-11-5-3-4-6-11/h5,8H,3-4,6-7H2,1-2H3. The van der Waals surface area contributed by atoms with Crippen LogP contribution in [0.15, 0.2) is 18.0 Å². The molecule has 0 fully saturated rings. The van der Waals surface area contributed by atoms with Gasteiger partial charge in [0.15, 0.2) is 0 Å². The van der Waals surface area contributed by atoms with Gasteiger partial charge >= 0.3 is 0 Å². The third kappa shape index (κ3) is 1.67. The van der Waals surface area contributed by atoms with E-state index < -0.39 is 0 Å². The first-order valence-electron chi connectivity index (χ1n) is 4.93. The molecule has 1 aliphatic carbocycles. The van der Waals surface area contributed by atoms with Crippen LogP contribution in [0.4, 0.5) is 0 Å². The summed E-state index contributed by atoms with van der Waals surface area (Å²) >= 11 is 0. The van der Waals surface area contributed by atoms with Gasteiger partial charge < -0.3 is 4.57 Å². The molecule has 0 bridgehead atoms. The van der Waals surface area contributed by atoms with E-state index in [0.717, 1.165) is 12.2 Å². The molecule has 2 heteroatoms. The molecule has 70 valence electrons. The molecule has 1 aromatic heterocycles. The zero-order valence-electron chi connectivity index (χ0n) is 8.38. The van der Waals surface area contributed by atoms with E-state index in [2.05, 4.69) is 29.5 Å². The van der Waals surface area contributed by atoms with E-state index in [0.29, 0.717) is 0 Å². The summed E-state index contributed by atoms with van der Waals surface area (Å²) in [6.07, 6.45) is 8.19. The highest BCUT2D eigenvalue weighted by molar-refractivity contribution is 5.13. The van der Waals surface area contributed by atoms with Crippen LogP contribution in [0.1, 0.15) is 30.7 Å². The number of hydrogen-bond acceptors (Lipinski definition) is 1. The number of imidazole rings is 1. The Morgan fingerprint density at radius 2 is 2.31 bits per heavy atom. The highest BCUT2D eigenvalue weighted by Gasteiger charge is 2.07. The van der Waals surface area contributed by atoms with Crippen LogP contribution in [-0.4, -0.2) is 9.55 Å². The summed E-state index contributed by atoms with van der Waals surface area (Å²) in [5, 5.41) is 0. The van der Waals surface area contributed by atoms with Gasteiger partial charge in [-0.15, -0.1) is 0 Å². The van der Waals surface area contributed by atoms with Crippen molar-refractivity contribution in [3.63, 3.8) is 0 Å². The number of nitrogens with zero attached hydrogens (tertiary/aromatic N) is 2. The van der Waals surface area contributed by atoms with Gasteiger partial charge in [-0.05, 0) is 33.1 Å². The molecule has 2 rings (SSSR count). The van der Waals surface area contributed by atoms with Crippen molar-refractivity contribution in [2.75, 3.05) is 0 Å². The molecule has 0 unspecified atom stereocenters. The lowest BCUT2D eigenvalue weighted by Crippen LogP contribution is -2.00. The first kappa shape index (κ1) is 8.54. The molecule has 0 N–H and O–H groups in total. The van der Waals surface area contributed by atoms with Gasteiger partial charge in [-0.1, -0.05) is 11.6 Å². The van der Waals surface area contributed by atoms with E-state index in [1.807, 2.05) is 6.33 Å². The summed E-state index contributed by atoms with van der Waals surface area (Å²) in [5.41, 5.74) is 4.02. The van der Waals surface area contributed by atoms with Crippen molar-refractivity contribution in [1.82, 2.24) is 9.55 Å². The predicted molar refractivity (Wildman–Crippen MR) is 53.6 cm³/mol. The van der Waals surface area contributed by atoms with Crippen LogP contribution in [0.25, 0.3) is 0 Å². The fourth-order valence-electron chi connectivity index (χ4n) is 1.80. The Morgan fingerprint density at radius 3 is 2.85 bits per heavy atom. The van der Waals surface area contributed by atoms with E-state index in [9.17, 15) is 0 Å². The maximum atomic E-state index is 4.29. The minimum atomic E-state index is 1.05. The van der Waals surface area contributed by atoms with Crippen molar-refractivity contribution in [2.45, 2.75) is 39.7 Å². The van der Waals surface area contributed by atoms with E-state index in [1.54, 1.807) is 5.57 Å². The van der Waals surface area contributed by atoms with Crippen molar-refractivity contribution in [3.05, 3.63) is 29.4 Å². The second kappa shape index (κ2) is 3.36. The van der Waals surface area contributed by atoms with Gasteiger partial charge in [-0.25, -0.2) is 4.98 Å². The fourth-order valence-corrected chi connectivity index (χ4v) is 1.80. The first-order chi connectivity index (χ1) is 6.27. The Bertz CT molecular complexity index is 334. The lowest BCUT2D eigenvalue weighted by molar-refractivity contribution is 0.729. The molecule has 13 heavy (non-hydrogen) atoms. The van der Waals surface area contributed by atoms with Crippen molar-refractivity contribution in [1.29, 1.82) is 0 Å². The Balaban J connectivity index is 2.13. The molecule has 0 atom stereocenters. The van der Waals surface area contributed by atoms with Crippen LogP contribution in [0.3, 0.4) is 0 Å². The Kier molecular flexibility index (Phi) is 2.21. The number of rotatable bonds is 2. The molecule has 0 aliphatic heterocycles. The van der Waals surface area contributed by atoms with Gasteiger partial charge in [0.25, 0.3) is 0 Å². The van der Waals surface area contributed by atoms with Crippen molar-refractivity contribution >= 4 is 0 Å². The normalized spacial score (nSPS) is 16.3. The molecule has 1 aromatic rings. The Morgan fingerprint density at radius 1 is 1.46 bits per heavy atom. The highest BCUT2D eigenvalue weighted by Crippen LogP contribution is 2.20. The second-order valence-electron chi connectivity index (χ2n) is 3.80. The maximum Gasteiger partial charge on any atom is 0.0954 e. The molecular formula is C11H16N2. The van der Waals surface area contributed by atoms with E-state index in [1.165, 1.54) is 25.0 Å². The smallest absolute Gasteiger partial charge is 0.0954 e. The third-order valence-corrected chi connectivity index (χ3v) is 2.85. The quantitative estimate of drug-likeness (QED) is 0.633. The molecule has 0 radical (unpaired) electrons. The molecule has 1 heterocycles. The molecular weight excluding hydrogens is 160 g/mol. The van der Waals surface area contributed by atoms with Gasteiger partial charge in [0, 0.05) is 12.2 Å². The average Bonchev–Trinajstić information content (AvgIpc) is 2.71. The summed E-state index contributed by atoms with van der Waals surface area (Å²) in [5.74, 6) is 0. The zero-order valence-corrected chi connectivity index (χ0v) is 8.38. The number of hydrogen-bond donors (Lipinski definition) is 0. The third-order valence-electron chi connectivity index (χ3n) is 2.85. The minimum absolute atomic E-state index is 1.05. The summed E-state index contributed by atoms with van der Waals surface area (Å²) in [6.45, 7) is 5.25. The fraction of sp³-hybridized carbons (Fsp3) is 0.545. The topological polar surface area (TPSA) is 17.8 Å². The largest absolute Gasteiger partial charge is 0.331 e. The van der Waals surface area contributed by atoms with Crippen LogP contribution < -0.4 is 0 Å². The molecule has 0 saturated carbocycles. The maximum absolute atomic E-state index is 4.29. The minimum Gasteiger partial charge on any atom is -0.331 e. The van der Waals surface area contributed by atoms with Gasteiger partial charge in [-0.3, -0.25) is 0 Å². The van der Waals surface area contributed by atoms with Crippen LogP contribution in [-0.2, 0) is 6.54 Å². The molecule has 0 saturated heterocycles. The van der Waals surface area contributed by atoms with Gasteiger partial charge in [0.05, 0.1) is 12.0 Å². The van der Waals surface area contributed by atoms with Gasteiger partial charge in [0.1, 0.15) is 0 Å². The Hall–Kier alpha value is -1.05. The number of allylic oxidation sites excluding steroid dienone is 2. The molecule has 1 aliphatic rings. The SMILES string of the molecule is Cc1ncn(CC2=CCCC2)c1C. The lowest BCUT2D eigenvalue weighted by atomic mass is 10.2. The van der Waals surface area contributed by atoms with Crippen LogP contribution >= 0.6 is 0 Å². The summed E-state index contributed by atoms with van der Waals surface area (Å²) in [7, 11) is 0. The average molecular weight is 176 g/mol. The lowest BCUT2D eigenvalue weighted by Gasteiger charge is -2.05. The molecule has 0 aromatic carbocycles. The van der Waals surface area contributed by atoms with E-state index >= 15 is 0 Å². The highest BCUT2D eigenvalue weighted by atomic mass is 15.0. The monoisotopic (exact) mass is 176 g/mol. The summed E-state index contributed by atoms with van der Waals surface area (Å²) in [4.78, 5) is 4.29. The second-order valence-corrected chi connectivity index (χ2v) is 3.80.